The number of H-pyrrole nitrogens is 1. The fourth-order valence-corrected chi connectivity index (χ4v) is 4.08. The first-order valence-corrected chi connectivity index (χ1v) is 15.5. The van der Waals surface area contributed by atoms with Crippen molar-refractivity contribution >= 4 is 27.9 Å². The number of halogens is 7. The molecule has 0 bridgehead atoms. The number of hydrogen-bond donors (Lipinski definition) is 3. The summed E-state index contributed by atoms with van der Waals surface area (Å²) in [5, 5.41) is 27.2. The number of rotatable bonds is 7. The summed E-state index contributed by atoms with van der Waals surface area (Å²) in [6, 6.07) is 7.29. The molecule has 1 saturated heterocycles. The SMILES string of the molecule is C1CCOC1.C=C(CBr)C(=O)O.C=C(Cn1cnc(-c2cc(C)cc(C(F)(F)F)c2)n1)C(=O)O.Cc1cc(-c2ncn[nH]2)cc(C(F)(F)F)c1.[H-].[Na+]. The van der Waals surface area contributed by atoms with Crippen LogP contribution in [-0.4, -0.2) is 70.6 Å². The van der Waals surface area contributed by atoms with Gasteiger partial charge < -0.3 is 16.4 Å². The summed E-state index contributed by atoms with van der Waals surface area (Å²) >= 11 is 2.93. The van der Waals surface area contributed by atoms with Gasteiger partial charge in [0.1, 0.15) is 12.7 Å². The van der Waals surface area contributed by atoms with E-state index in [1.54, 1.807) is 19.9 Å². The first kappa shape index (κ1) is 45.2. The van der Waals surface area contributed by atoms with Crippen LogP contribution in [0.4, 0.5) is 26.3 Å². The van der Waals surface area contributed by atoms with E-state index in [1.165, 1.54) is 36.2 Å². The Morgan fingerprint density at radius 2 is 1.39 bits per heavy atom. The van der Waals surface area contributed by atoms with Crippen LogP contribution in [0.15, 0.2) is 73.4 Å². The maximum absolute atomic E-state index is 12.8. The molecule has 0 spiro atoms. The van der Waals surface area contributed by atoms with Crippen LogP contribution in [0.2, 0.25) is 0 Å². The molecule has 2 aromatic carbocycles. The van der Waals surface area contributed by atoms with Gasteiger partial charge in [0.15, 0.2) is 11.6 Å². The molecule has 0 aliphatic carbocycles. The molecule has 0 saturated carbocycles. The van der Waals surface area contributed by atoms with Crippen LogP contribution in [0, 0.1) is 13.8 Å². The summed E-state index contributed by atoms with van der Waals surface area (Å²) in [7, 11) is 0. The van der Waals surface area contributed by atoms with Crippen molar-refractivity contribution in [2.24, 2.45) is 0 Å². The number of aliphatic carboxylic acids is 2. The van der Waals surface area contributed by atoms with E-state index in [-0.39, 0.29) is 60.1 Å². The fraction of sp³-hybridized carbons (Fsp3) is 0.312. The molecule has 3 heterocycles. The molecular weight excluding hydrogens is 765 g/mol. The Balaban J connectivity index is 0.000000754. The first-order chi connectivity index (χ1) is 23.3. The van der Waals surface area contributed by atoms with Gasteiger partial charge in [-0.25, -0.2) is 24.2 Å². The molecule has 11 nitrogen and oxygen atoms in total. The Labute approximate surface area is 320 Å². The molecule has 5 rings (SSSR count). The van der Waals surface area contributed by atoms with Crippen molar-refractivity contribution < 1.29 is 81.9 Å². The van der Waals surface area contributed by atoms with Gasteiger partial charge >= 0.3 is 53.8 Å². The maximum Gasteiger partial charge on any atom is 1.00 e. The van der Waals surface area contributed by atoms with E-state index in [0.29, 0.717) is 27.8 Å². The fourth-order valence-electron chi connectivity index (χ4n) is 3.84. The van der Waals surface area contributed by atoms with Gasteiger partial charge in [0, 0.05) is 35.2 Å². The number of nitrogens with zero attached hydrogens (tertiary/aromatic N) is 5. The molecular formula is C32H34BrF6N6NaO5. The number of alkyl halides is 7. The zero-order valence-corrected chi connectivity index (χ0v) is 31.4. The number of carboxylic acids is 2. The van der Waals surface area contributed by atoms with E-state index in [4.69, 9.17) is 14.9 Å². The van der Waals surface area contributed by atoms with Gasteiger partial charge in [0.05, 0.1) is 23.2 Å². The largest absolute Gasteiger partial charge is 1.00 e. The van der Waals surface area contributed by atoms with Crippen LogP contribution in [-0.2, 0) is 33.2 Å². The summed E-state index contributed by atoms with van der Waals surface area (Å²) in [5.74, 6) is -1.70. The van der Waals surface area contributed by atoms with E-state index in [2.05, 4.69) is 54.4 Å². The zero-order valence-electron chi connectivity index (χ0n) is 28.8. The number of nitrogens with one attached hydrogen (secondary N) is 1. The molecule has 3 N–H and O–H groups in total. The summed E-state index contributed by atoms with van der Waals surface area (Å²) in [6.07, 6.45) is -3.74. The Kier molecular flexibility index (Phi) is 18.5. The van der Waals surface area contributed by atoms with E-state index in [0.717, 1.165) is 37.5 Å². The minimum Gasteiger partial charge on any atom is -1.00 e. The number of carbonyl (C=O) groups is 2. The Morgan fingerprint density at radius 1 is 0.882 bits per heavy atom. The summed E-state index contributed by atoms with van der Waals surface area (Å²) < 4.78 is 82.2. The maximum atomic E-state index is 12.8. The monoisotopic (exact) mass is 798 g/mol. The first-order valence-electron chi connectivity index (χ1n) is 14.4. The van der Waals surface area contributed by atoms with Gasteiger partial charge in [-0.1, -0.05) is 29.1 Å². The van der Waals surface area contributed by atoms with Crippen LogP contribution in [0.3, 0.4) is 0 Å². The van der Waals surface area contributed by atoms with Gasteiger partial charge in [-0.3, -0.25) is 5.10 Å². The molecule has 1 aliphatic heterocycles. The standard InChI is InChI=1S/C14H12F3N3O2.C10H8F3N3.C4H5BrO2.C4H8O.Na.H/c1-8-3-10(5-11(4-8)14(15,16)17)12-18-7-20(19-12)6-9(2)13(21)22;1-6-2-7(9-14-5-15-16-9)4-8(3-6)10(11,12)13;1-3(2-5)4(6)7;1-2-4-5-3-1;;/h3-5,7H,2,6H2,1H3,(H,21,22);2-5H,1H3,(H,14,15,16);1-2H2,(H,6,7);1-4H2;;/q;;;;+1;-1. The van der Waals surface area contributed by atoms with Gasteiger partial charge in [0.25, 0.3) is 0 Å². The second-order valence-corrected chi connectivity index (χ2v) is 11.1. The number of aryl methyl sites for hydroxylation is 2. The summed E-state index contributed by atoms with van der Waals surface area (Å²) in [6.45, 7) is 11.6. The zero-order chi connectivity index (χ0) is 37.6. The molecule has 1 aliphatic rings. The predicted molar refractivity (Wildman–Crippen MR) is 175 cm³/mol. The number of benzene rings is 2. The van der Waals surface area contributed by atoms with Gasteiger partial charge in [-0.2, -0.15) is 36.5 Å². The number of ether oxygens (including phenoxy) is 1. The number of hydrogen-bond acceptors (Lipinski definition) is 7. The van der Waals surface area contributed by atoms with Crippen LogP contribution < -0.4 is 29.6 Å². The third kappa shape index (κ3) is 15.9. The van der Waals surface area contributed by atoms with Crippen LogP contribution in [0.1, 0.15) is 36.5 Å². The van der Waals surface area contributed by atoms with Gasteiger partial charge in [0.2, 0.25) is 0 Å². The topological polar surface area (TPSA) is 156 Å². The Hall–Kier alpha value is -3.84. The molecule has 1 fully saturated rings. The minimum absolute atomic E-state index is 0. The minimum atomic E-state index is -4.46. The van der Waals surface area contributed by atoms with E-state index in [1.807, 2.05) is 0 Å². The Morgan fingerprint density at radius 3 is 1.78 bits per heavy atom. The van der Waals surface area contributed by atoms with Crippen molar-refractivity contribution in [2.75, 3.05) is 18.5 Å². The molecule has 0 atom stereocenters. The number of aromatic nitrogens is 6. The second kappa shape index (κ2) is 20.9. The van der Waals surface area contributed by atoms with Crippen LogP contribution in [0.25, 0.3) is 22.8 Å². The molecule has 0 radical (unpaired) electrons. The van der Waals surface area contributed by atoms with Crippen molar-refractivity contribution in [3.8, 4) is 22.8 Å². The smallest absolute Gasteiger partial charge is 1.00 e. The van der Waals surface area contributed by atoms with Crippen molar-refractivity contribution in [1.82, 2.24) is 29.9 Å². The summed E-state index contributed by atoms with van der Waals surface area (Å²) in [4.78, 5) is 28.2. The average molecular weight is 800 g/mol. The third-order valence-corrected chi connectivity index (χ3v) is 6.92. The number of carboxylic acid groups (broad SMARTS) is 2. The molecule has 19 heteroatoms. The molecule has 2 aromatic heterocycles. The van der Waals surface area contributed by atoms with Crippen molar-refractivity contribution in [1.29, 1.82) is 0 Å². The van der Waals surface area contributed by atoms with E-state index < -0.39 is 35.4 Å². The molecule has 4 aromatic rings. The quantitative estimate of drug-likeness (QED) is 0.105. The predicted octanol–water partition coefficient (Wildman–Crippen LogP) is 4.65. The van der Waals surface area contributed by atoms with Crippen molar-refractivity contribution in [3.05, 3.63) is 95.6 Å². The van der Waals surface area contributed by atoms with Crippen molar-refractivity contribution in [3.63, 3.8) is 0 Å². The molecule has 0 unspecified atom stereocenters. The summed E-state index contributed by atoms with van der Waals surface area (Å²) in [5.41, 5.74) is 0.165. The average Bonchev–Trinajstić information content (AvgIpc) is 3.85. The van der Waals surface area contributed by atoms with Gasteiger partial charge in [-0.15, -0.1) is 0 Å². The van der Waals surface area contributed by atoms with E-state index in [9.17, 15) is 35.9 Å². The Bertz CT molecular complexity index is 1760. The molecule has 51 heavy (non-hydrogen) atoms. The molecule has 272 valence electrons. The van der Waals surface area contributed by atoms with Gasteiger partial charge in [-0.05, 0) is 74.2 Å². The normalized spacial score (nSPS) is 12.1. The third-order valence-electron chi connectivity index (χ3n) is 6.24. The van der Waals surface area contributed by atoms with Crippen molar-refractivity contribution in [2.45, 2.75) is 45.6 Å². The molecule has 0 amide bonds. The van der Waals surface area contributed by atoms with E-state index >= 15 is 0 Å². The van der Waals surface area contributed by atoms with Crippen LogP contribution in [0.5, 0.6) is 0 Å². The van der Waals surface area contributed by atoms with Crippen LogP contribution >= 0.6 is 15.9 Å². The second-order valence-electron chi connectivity index (χ2n) is 10.5. The number of aromatic amines is 1.